The van der Waals surface area contributed by atoms with Crippen LogP contribution in [0.15, 0.2) is 18.2 Å². The van der Waals surface area contributed by atoms with E-state index < -0.39 is 10.8 Å². The van der Waals surface area contributed by atoms with Crippen LogP contribution in [-0.4, -0.2) is 9.96 Å². The van der Waals surface area contributed by atoms with E-state index in [1.54, 1.807) is 6.07 Å². The monoisotopic (exact) mass is 201 g/mol. The average Bonchev–Trinajstić information content (AvgIpc) is 2.02. The van der Waals surface area contributed by atoms with Gasteiger partial charge < -0.3 is 5.73 Å². The molecule has 4 heteroatoms. The van der Waals surface area contributed by atoms with Crippen molar-refractivity contribution in [2.45, 2.75) is 12.7 Å². The van der Waals surface area contributed by atoms with Crippen molar-refractivity contribution >= 4 is 16.5 Å². The molecule has 0 fully saturated rings. The minimum Gasteiger partial charge on any atom is -0.399 e. The predicted molar refractivity (Wildman–Crippen MR) is 53.2 cm³/mol. The number of halogens is 1. The molecule has 0 aromatic heterocycles. The summed E-state index contributed by atoms with van der Waals surface area (Å²) in [6.07, 6.45) is 0. The maximum atomic E-state index is 12.8. The molecule has 0 aliphatic heterocycles. The highest BCUT2D eigenvalue weighted by molar-refractivity contribution is 7.84. The third-order valence-electron chi connectivity index (χ3n) is 1.63. The number of hydrogen-bond acceptors (Lipinski definition) is 2. The molecule has 1 aromatic carbocycles. The van der Waals surface area contributed by atoms with Crippen LogP contribution < -0.4 is 5.73 Å². The maximum Gasteiger partial charge on any atom is 0.125 e. The molecule has 0 saturated heterocycles. The SMILES string of the molecule is CCS(=O)Cc1cc(N)cc(F)c1. The molecule has 1 atom stereocenters. The van der Waals surface area contributed by atoms with E-state index in [1.807, 2.05) is 6.92 Å². The van der Waals surface area contributed by atoms with Crippen molar-refractivity contribution in [1.82, 2.24) is 0 Å². The summed E-state index contributed by atoms with van der Waals surface area (Å²) in [4.78, 5) is 0. The molecule has 2 nitrogen and oxygen atoms in total. The van der Waals surface area contributed by atoms with Crippen LogP contribution in [0, 0.1) is 5.82 Å². The first-order valence-corrected chi connectivity index (χ1v) is 5.50. The summed E-state index contributed by atoms with van der Waals surface area (Å²) in [5, 5.41) is 0. The normalized spacial score (nSPS) is 12.8. The molecular formula is C9H12FNOS. The lowest BCUT2D eigenvalue weighted by molar-refractivity contribution is 0.627. The van der Waals surface area contributed by atoms with Gasteiger partial charge in [0, 0.05) is 28.0 Å². The van der Waals surface area contributed by atoms with Crippen molar-refractivity contribution in [3.8, 4) is 0 Å². The van der Waals surface area contributed by atoms with Gasteiger partial charge in [0.2, 0.25) is 0 Å². The highest BCUT2D eigenvalue weighted by atomic mass is 32.2. The van der Waals surface area contributed by atoms with Crippen LogP contribution in [0.1, 0.15) is 12.5 Å². The largest absolute Gasteiger partial charge is 0.399 e. The Kier molecular flexibility index (Phi) is 3.42. The molecule has 0 saturated carbocycles. The maximum absolute atomic E-state index is 12.8. The number of rotatable bonds is 3. The van der Waals surface area contributed by atoms with Gasteiger partial charge in [-0.3, -0.25) is 4.21 Å². The van der Waals surface area contributed by atoms with E-state index in [0.717, 1.165) is 0 Å². The molecule has 0 amide bonds. The Morgan fingerprint density at radius 2 is 2.15 bits per heavy atom. The minimum absolute atomic E-state index is 0.372. The summed E-state index contributed by atoms with van der Waals surface area (Å²) in [7, 11) is -0.917. The summed E-state index contributed by atoms with van der Waals surface area (Å²) in [6, 6.07) is 4.26. The average molecular weight is 201 g/mol. The molecule has 0 radical (unpaired) electrons. The second-order valence-corrected chi connectivity index (χ2v) is 4.51. The van der Waals surface area contributed by atoms with E-state index in [0.29, 0.717) is 22.8 Å². The van der Waals surface area contributed by atoms with E-state index >= 15 is 0 Å². The molecule has 1 aromatic rings. The Balaban J connectivity index is 2.83. The molecular weight excluding hydrogens is 189 g/mol. The Bertz CT molecular complexity index is 307. The van der Waals surface area contributed by atoms with Crippen LogP contribution >= 0.6 is 0 Å². The second kappa shape index (κ2) is 4.37. The van der Waals surface area contributed by atoms with Crippen molar-refractivity contribution < 1.29 is 8.60 Å². The fraction of sp³-hybridized carbons (Fsp3) is 0.333. The lowest BCUT2D eigenvalue weighted by Crippen LogP contribution is -1.99. The van der Waals surface area contributed by atoms with Crippen LogP contribution in [0.2, 0.25) is 0 Å². The molecule has 72 valence electrons. The first-order valence-electron chi connectivity index (χ1n) is 4.01. The third-order valence-corrected chi connectivity index (χ3v) is 2.93. The van der Waals surface area contributed by atoms with Gasteiger partial charge in [-0.25, -0.2) is 4.39 Å². The van der Waals surface area contributed by atoms with Crippen LogP contribution in [0.3, 0.4) is 0 Å². The lowest BCUT2D eigenvalue weighted by atomic mass is 10.2. The van der Waals surface area contributed by atoms with Gasteiger partial charge in [-0.15, -0.1) is 0 Å². The third kappa shape index (κ3) is 3.14. The second-order valence-electron chi connectivity index (χ2n) is 2.77. The molecule has 0 spiro atoms. The van der Waals surface area contributed by atoms with Crippen LogP contribution in [0.4, 0.5) is 10.1 Å². The summed E-state index contributed by atoms with van der Waals surface area (Å²) in [5.74, 6) is 0.581. The number of benzene rings is 1. The van der Waals surface area contributed by atoms with Gasteiger partial charge in [0.1, 0.15) is 5.82 Å². The van der Waals surface area contributed by atoms with E-state index in [2.05, 4.69) is 0 Å². The lowest BCUT2D eigenvalue weighted by Gasteiger charge is -2.01. The van der Waals surface area contributed by atoms with E-state index in [4.69, 9.17) is 5.73 Å². The highest BCUT2D eigenvalue weighted by Crippen LogP contribution is 2.12. The summed E-state index contributed by atoms with van der Waals surface area (Å²) < 4.78 is 24.0. The number of nitrogens with two attached hydrogens (primary N) is 1. The standard InChI is InChI=1S/C9H12FNOS/c1-2-13(12)6-7-3-8(10)5-9(11)4-7/h3-5H,2,6,11H2,1H3. The van der Waals surface area contributed by atoms with Crippen LogP contribution in [0.25, 0.3) is 0 Å². The first kappa shape index (κ1) is 10.2. The van der Waals surface area contributed by atoms with Gasteiger partial charge in [-0.2, -0.15) is 0 Å². The Hall–Kier alpha value is -0.900. The van der Waals surface area contributed by atoms with Crippen LogP contribution in [-0.2, 0) is 16.6 Å². The smallest absolute Gasteiger partial charge is 0.125 e. The zero-order chi connectivity index (χ0) is 9.84. The van der Waals surface area contributed by atoms with E-state index in [-0.39, 0.29) is 5.82 Å². The van der Waals surface area contributed by atoms with Gasteiger partial charge in [-0.1, -0.05) is 6.92 Å². The summed E-state index contributed by atoms with van der Waals surface area (Å²) in [5.41, 5.74) is 6.51. The quantitative estimate of drug-likeness (QED) is 0.756. The number of nitrogen functional groups attached to an aromatic ring is 1. The van der Waals surface area contributed by atoms with Crippen molar-refractivity contribution in [3.63, 3.8) is 0 Å². The van der Waals surface area contributed by atoms with Crippen molar-refractivity contribution in [2.75, 3.05) is 11.5 Å². The number of anilines is 1. The van der Waals surface area contributed by atoms with Crippen molar-refractivity contribution in [3.05, 3.63) is 29.6 Å². The van der Waals surface area contributed by atoms with Gasteiger partial charge in [0.15, 0.2) is 0 Å². The Labute approximate surface area is 79.4 Å². The highest BCUT2D eigenvalue weighted by Gasteiger charge is 2.02. The van der Waals surface area contributed by atoms with E-state index in [9.17, 15) is 8.60 Å². The fourth-order valence-corrected chi connectivity index (χ4v) is 1.79. The molecule has 2 N–H and O–H groups in total. The van der Waals surface area contributed by atoms with Gasteiger partial charge in [0.25, 0.3) is 0 Å². The van der Waals surface area contributed by atoms with Crippen LogP contribution in [0.5, 0.6) is 0 Å². The van der Waals surface area contributed by atoms with Gasteiger partial charge >= 0.3 is 0 Å². The van der Waals surface area contributed by atoms with Crippen molar-refractivity contribution in [1.29, 1.82) is 0 Å². The first-order chi connectivity index (χ1) is 6.11. The summed E-state index contributed by atoms with van der Waals surface area (Å²) >= 11 is 0. The fourth-order valence-electron chi connectivity index (χ4n) is 1.05. The molecule has 0 aliphatic rings. The molecule has 0 bridgehead atoms. The molecule has 0 heterocycles. The van der Waals surface area contributed by atoms with Gasteiger partial charge in [0.05, 0.1) is 0 Å². The van der Waals surface area contributed by atoms with Gasteiger partial charge in [-0.05, 0) is 23.8 Å². The topological polar surface area (TPSA) is 43.1 Å². The van der Waals surface area contributed by atoms with Crippen molar-refractivity contribution in [2.24, 2.45) is 0 Å². The molecule has 13 heavy (non-hydrogen) atoms. The zero-order valence-electron chi connectivity index (χ0n) is 7.42. The number of hydrogen-bond donors (Lipinski definition) is 1. The Morgan fingerprint density at radius 1 is 1.46 bits per heavy atom. The van der Waals surface area contributed by atoms with E-state index in [1.165, 1.54) is 12.1 Å². The minimum atomic E-state index is -0.917. The predicted octanol–water partition coefficient (Wildman–Crippen LogP) is 1.68. The zero-order valence-corrected chi connectivity index (χ0v) is 8.23. The Morgan fingerprint density at radius 3 is 2.69 bits per heavy atom. The molecule has 0 aliphatic carbocycles. The molecule has 1 unspecified atom stereocenters. The summed E-state index contributed by atoms with van der Waals surface area (Å²) in [6.45, 7) is 1.83. The molecule has 1 rings (SSSR count).